The number of nitrogens with zero attached hydrogens (tertiary/aromatic N) is 1. The van der Waals surface area contributed by atoms with E-state index in [9.17, 15) is 9.59 Å². The SMILES string of the molecule is O=C(Nc1ccc(Nc2ccccc2)c2c1C(=O)NC2)c1ccc(NCCN2CCCCCC2)cc1. The zero-order valence-corrected chi connectivity index (χ0v) is 20.5. The molecule has 186 valence electrons. The summed E-state index contributed by atoms with van der Waals surface area (Å²) in [4.78, 5) is 28.1. The number of hydrogen-bond donors (Lipinski definition) is 4. The zero-order chi connectivity index (χ0) is 24.7. The molecule has 0 atom stereocenters. The van der Waals surface area contributed by atoms with Crippen molar-refractivity contribution in [2.45, 2.75) is 32.2 Å². The number of hydrogen-bond acceptors (Lipinski definition) is 5. The Morgan fingerprint density at radius 3 is 2.31 bits per heavy atom. The lowest BCUT2D eigenvalue weighted by molar-refractivity contribution is 0.0966. The molecule has 7 heteroatoms. The van der Waals surface area contributed by atoms with Crippen LogP contribution in [0.3, 0.4) is 0 Å². The predicted octanol–water partition coefficient (Wildman–Crippen LogP) is 5.21. The van der Waals surface area contributed by atoms with Crippen molar-refractivity contribution >= 4 is 34.6 Å². The number of fused-ring (bicyclic) bond motifs is 1. The van der Waals surface area contributed by atoms with Gasteiger partial charge in [-0.25, -0.2) is 0 Å². The molecule has 0 aromatic heterocycles. The van der Waals surface area contributed by atoms with E-state index in [1.165, 1.54) is 38.8 Å². The smallest absolute Gasteiger partial charge is 0.255 e. The van der Waals surface area contributed by atoms with E-state index in [0.29, 0.717) is 23.4 Å². The molecule has 0 radical (unpaired) electrons. The summed E-state index contributed by atoms with van der Waals surface area (Å²) in [5.41, 5.74) is 5.22. The Balaban J connectivity index is 1.21. The van der Waals surface area contributed by atoms with Crippen LogP contribution in [0, 0.1) is 0 Å². The van der Waals surface area contributed by atoms with E-state index >= 15 is 0 Å². The van der Waals surface area contributed by atoms with Crippen molar-refractivity contribution in [2.24, 2.45) is 0 Å². The molecule has 0 aliphatic carbocycles. The summed E-state index contributed by atoms with van der Waals surface area (Å²) in [5.74, 6) is -0.419. The topological polar surface area (TPSA) is 85.5 Å². The maximum Gasteiger partial charge on any atom is 0.255 e. The maximum absolute atomic E-state index is 13.0. The highest BCUT2D eigenvalue weighted by molar-refractivity contribution is 6.11. The third-order valence-corrected chi connectivity index (χ3v) is 6.87. The minimum Gasteiger partial charge on any atom is -0.384 e. The van der Waals surface area contributed by atoms with Gasteiger partial charge in [-0.05, 0) is 74.5 Å². The van der Waals surface area contributed by atoms with Crippen molar-refractivity contribution in [3.8, 4) is 0 Å². The maximum atomic E-state index is 13.0. The Morgan fingerprint density at radius 1 is 0.833 bits per heavy atom. The Morgan fingerprint density at radius 2 is 1.56 bits per heavy atom. The molecular weight excluding hydrogens is 450 g/mol. The van der Waals surface area contributed by atoms with Crippen LogP contribution >= 0.6 is 0 Å². The summed E-state index contributed by atoms with van der Waals surface area (Å²) < 4.78 is 0. The summed E-state index contributed by atoms with van der Waals surface area (Å²) in [6.45, 7) is 4.71. The first-order valence-corrected chi connectivity index (χ1v) is 12.8. The second-order valence-electron chi connectivity index (χ2n) is 9.40. The summed E-state index contributed by atoms with van der Waals surface area (Å²) in [6, 6.07) is 21.0. The van der Waals surface area contributed by atoms with Gasteiger partial charge in [0, 0.05) is 47.8 Å². The molecule has 2 amide bonds. The Kier molecular flexibility index (Phi) is 7.47. The van der Waals surface area contributed by atoms with Gasteiger partial charge in [0.15, 0.2) is 0 Å². The molecular formula is C29H33N5O2. The van der Waals surface area contributed by atoms with Gasteiger partial charge in [0.25, 0.3) is 11.8 Å². The van der Waals surface area contributed by atoms with Crippen LogP contribution in [0.2, 0.25) is 0 Å². The van der Waals surface area contributed by atoms with Gasteiger partial charge in [-0.3, -0.25) is 9.59 Å². The van der Waals surface area contributed by atoms with Gasteiger partial charge in [0.05, 0.1) is 11.3 Å². The van der Waals surface area contributed by atoms with E-state index in [-0.39, 0.29) is 11.8 Å². The average molecular weight is 484 g/mol. The van der Waals surface area contributed by atoms with Crippen molar-refractivity contribution < 1.29 is 9.59 Å². The predicted molar refractivity (Wildman–Crippen MR) is 145 cm³/mol. The normalized spacial score (nSPS) is 15.5. The molecule has 3 aromatic carbocycles. The van der Waals surface area contributed by atoms with Crippen LogP contribution in [0.4, 0.5) is 22.7 Å². The Hall–Kier alpha value is -3.84. The van der Waals surface area contributed by atoms with Gasteiger partial charge in [0.1, 0.15) is 0 Å². The molecule has 36 heavy (non-hydrogen) atoms. The summed E-state index contributed by atoms with van der Waals surface area (Å²) in [7, 11) is 0. The number of rotatable bonds is 8. The molecule has 2 aliphatic rings. The Labute approximate surface area is 212 Å². The van der Waals surface area contributed by atoms with Crippen LogP contribution in [0.5, 0.6) is 0 Å². The number of likely N-dealkylation sites (tertiary alicyclic amines) is 1. The third kappa shape index (κ3) is 5.69. The first-order chi connectivity index (χ1) is 17.7. The molecule has 0 saturated carbocycles. The lowest BCUT2D eigenvalue weighted by Crippen LogP contribution is -2.29. The van der Waals surface area contributed by atoms with E-state index in [1.54, 1.807) is 6.07 Å². The quantitative estimate of drug-likeness (QED) is 0.353. The molecule has 2 aliphatic heterocycles. The standard InChI is InChI=1S/C29H33N5O2/c35-28(21-10-12-22(13-11-21)30-16-19-34-17-6-1-2-7-18-34)33-26-15-14-25(24-20-31-29(36)27(24)26)32-23-8-4-3-5-9-23/h3-5,8-15,30,32H,1-2,6-7,16-20H2,(H,31,36)(H,33,35). The second kappa shape index (κ2) is 11.3. The summed E-state index contributed by atoms with van der Waals surface area (Å²) in [6.07, 6.45) is 5.27. The molecule has 4 N–H and O–H groups in total. The van der Waals surface area contributed by atoms with Crippen molar-refractivity contribution in [3.05, 3.63) is 83.4 Å². The van der Waals surface area contributed by atoms with Crippen LogP contribution in [0.1, 0.15) is 52.0 Å². The minimum atomic E-state index is -0.239. The fraction of sp³-hybridized carbons (Fsp3) is 0.310. The number of carbonyl (C=O) groups excluding carboxylic acids is 2. The van der Waals surface area contributed by atoms with E-state index in [0.717, 1.165) is 35.7 Å². The van der Waals surface area contributed by atoms with E-state index < -0.39 is 0 Å². The first kappa shape index (κ1) is 23.9. The molecule has 7 nitrogen and oxygen atoms in total. The van der Waals surface area contributed by atoms with Gasteiger partial charge in [-0.1, -0.05) is 31.0 Å². The molecule has 2 heterocycles. The number of para-hydroxylation sites is 1. The fourth-order valence-corrected chi connectivity index (χ4v) is 4.90. The molecule has 3 aromatic rings. The minimum absolute atomic E-state index is 0.180. The van der Waals surface area contributed by atoms with Gasteiger partial charge in [-0.2, -0.15) is 0 Å². The van der Waals surface area contributed by atoms with Crippen molar-refractivity contribution in [2.75, 3.05) is 42.1 Å². The zero-order valence-electron chi connectivity index (χ0n) is 20.5. The third-order valence-electron chi connectivity index (χ3n) is 6.87. The largest absolute Gasteiger partial charge is 0.384 e. The summed E-state index contributed by atoms with van der Waals surface area (Å²) in [5, 5.41) is 12.6. The molecule has 0 bridgehead atoms. The second-order valence-corrected chi connectivity index (χ2v) is 9.40. The molecule has 1 fully saturated rings. The molecule has 0 unspecified atom stereocenters. The van der Waals surface area contributed by atoms with Crippen LogP contribution < -0.4 is 21.3 Å². The summed E-state index contributed by atoms with van der Waals surface area (Å²) >= 11 is 0. The van der Waals surface area contributed by atoms with Crippen LogP contribution in [0.25, 0.3) is 0 Å². The molecule has 0 spiro atoms. The van der Waals surface area contributed by atoms with Gasteiger partial charge in [-0.15, -0.1) is 0 Å². The van der Waals surface area contributed by atoms with Crippen LogP contribution in [0.15, 0.2) is 66.7 Å². The number of carbonyl (C=O) groups is 2. The van der Waals surface area contributed by atoms with E-state index in [4.69, 9.17) is 0 Å². The van der Waals surface area contributed by atoms with E-state index in [2.05, 4.69) is 26.2 Å². The highest BCUT2D eigenvalue weighted by Crippen LogP contribution is 2.33. The van der Waals surface area contributed by atoms with Crippen molar-refractivity contribution in [3.63, 3.8) is 0 Å². The first-order valence-electron chi connectivity index (χ1n) is 12.8. The fourth-order valence-electron chi connectivity index (χ4n) is 4.90. The van der Waals surface area contributed by atoms with Gasteiger partial charge >= 0.3 is 0 Å². The average Bonchev–Trinajstić information content (AvgIpc) is 3.11. The molecule has 5 rings (SSSR count). The number of amides is 2. The van der Waals surface area contributed by atoms with Crippen molar-refractivity contribution in [1.82, 2.24) is 10.2 Å². The van der Waals surface area contributed by atoms with Gasteiger partial charge in [0.2, 0.25) is 0 Å². The molecule has 1 saturated heterocycles. The Bertz CT molecular complexity index is 1200. The van der Waals surface area contributed by atoms with Gasteiger partial charge < -0.3 is 26.2 Å². The number of nitrogens with one attached hydrogen (secondary N) is 4. The number of benzene rings is 3. The number of anilines is 4. The lowest BCUT2D eigenvalue weighted by Gasteiger charge is -2.20. The lowest BCUT2D eigenvalue weighted by atomic mass is 10.0. The van der Waals surface area contributed by atoms with E-state index in [1.807, 2.05) is 60.7 Å². The van der Waals surface area contributed by atoms with Crippen molar-refractivity contribution in [1.29, 1.82) is 0 Å². The monoisotopic (exact) mass is 483 g/mol. The van der Waals surface area contributed by atoms with Crippen LogP contribution in [-0.2, 0) is 6.54 Å². The van der Waals surface area contributed by atoms with Crippen LogP contribution in [-0.4, -0.2) is 42.9 Å². The highest BCUT2D eigenvalue weighted by atomic mass is 16.2. The highest BCUT2D eigenvalue weighted by Gasteiger charge is 2.26.